The summed E-state index contributed by atoms with van der Waals surface area (Å²) in [6.45, 7) is 13.7. The largest absolute Gasteiger partial charge is 0.315 e. The number of unbranched alkanes of at least 4 members (excludes halogenated alkanes) is 11. The number of nitrogens with one attached hydrogen (secondary N) is 4. The lowest BCUT2D eigenvalue weighted by molar-refractivity contribution is 0.526. The van der Waals surface area contributed by atoms with Gasteiger partial charge in [0.25, 0.3) is 0 Å². The summed E-state index contributed by atoms with van der Waals surface area (Å²) in [5.74, 6) is 0. The molecule has 0 saturated heterocycles. The van der Waals surface area contributed by atoms with Crippen molar-refractivity contribution in [3.63, 3.8) is 0 Å². The normalized spacial score (nSPS) is 11.4. The molecule has 0 aliphatic carbocycles. The van der Waals surface area contributed by atoms with Crippen LogP contribution in [-0.2, 0) is 0 Å². The highest BCUT2D eigenvalue weighted by Gasteiger charge is 1.94. The molecule has 4 nitrogen and oxygen atoms in total. The van der Waals surface area contributed by atoms with Crippen LogP contribution in [0.5, 0.6) is 0 Å². The Morgan fingerprint density at radius 1 is 0.286 bits per heavy atom. The molecule has 0 rings (SSSR count). The SMILES string of the molecule is CCCCNCCNCCCCCCCCCCCCNCCNCCCC. The van der Waals surface area contributed by atoms with Gasteiger partial charge in [0, 0.05) is 26.2 Å². The van der Waals surface area contributed by atoms with Crippen LogP contribution in [0.2, 0.25) is 0 Å². The van der Waals surface area contributed by atoms with Crippen molar-refractivity contribution < 1.29 is 0 Å². The molecule has 0 fully saturated rings. The summed E-state index contributed by atoms with van der Waals surface area (Å²) < 4.78 is 0. The molecule has 0 radical (unpaired) electrons. The molecule has 4 heteroatoms. The van der Waals surface area contributed by atoms with Gasteiger partial charge in [0.2, 0.25) is 0 Å². The van der Waals surface area contributed by atoms with E-state index in [1.54, 1.807) is 0 Å². The van der Waals surface area contributed by atoms with Gasteiger partial charge in [0.15, 0.2) is 0 Å². The fraction of sp³-hybridized carbons (Fsp3) is 1.00. The first-order valence-electron chi connectivity index (χ1n) is 12.7. The van der Waals surface area contributed by atoms with Gasteiger partial charge in [-0.15, -0.1) is 0 Å². The quantitative estimate of drug-likeness (QED) is 0.166. The van der Waals surface area contributed by atoms with Crippen LogP contribution in [0.1, 0.15) is 104 Å². The Hall–Kier alpha value is -0.160. The topological polar surface area (TPSA) is 48.1 Å². The highest BCUT2D eigenvalue weighted by atomic mass is 14.9. The van der Waals surface area contributed by atoms with Gasteiger partial charge in [0.1, 0.15) is 0 Å². The third-order valence-electron chi connectivity index (χ3n) is 5.33. The predicted molar refractivity (Wildman–Crippen MR) is 127 cm³/mol. The molecule has 0 amide bonds. The molecule has 0 aliphatic heterocycles. The molecule has 28 heavy (non-hydrogen) atoms. The molecule has 0 aromatic carbocycles. The van der Waals surface area contributed by atoms with Crippen LogP contribution >= 0.6 is 0 Å². The average molecular weight is 399 g/mol. The fourth-order valence-electron chi connectivity index (χ4n) is 3.37. The lowest BCUT2D eigenvalue weighted by atomic mass is 10.1. The van der Waals surface area contributed by atoms with Gasteiger partial charge in [-0.2, -0.15) is 0 Å². The Morgan fingerprint density at radius 3 is 0.821 bits per heavy atom. The van der Waals surface area contributed by atoms with Crippen molar-refractivity contribution in [3.8, 4) is 0 Å². The van der Waals surface area contributed by atoms with Crippen molar-refractivity contribution in [1.82, 2.24) is 21.3 Å². The second-order valence-corrected chi connectivity index (χ2v) is 8.24. The molecule has 170 valence electrons. The summed E-state index contributed by atoms with van der Waals surface area (Å²) in [5.41, 5.74) is 0. The smallest absolute Gasteiger partial charge is 0.00767 e. The van der Waals surface area contributed by atoms with E-state index in [9.17, 15) is 0 Å². The second-order valence-electron chi connectivity index (χ2n) is 8.24. The van der Waals surface area contributed by atoms with Crippen LogP contribution < -0.4 is 21.3 Å². The molecule has 0 aromatic rings. The first-order valence-corrected chi connectivity index (χ1v) is 12.7. The Labute approximate surface area is 177 Å². The number of hydrogen-bond acceptors (Lipinski definition) is 4. The fourth-order valence-corrected chi connectivity index (χ4v) is 3.37. The zero-order valence-electron chi connectivity index (χ0n) is 19.6. The van der Waals surface area contributed by atoms with Crippen molar-refractivity contribution >= 4 is 0 Å². The van der Waals surface area contributed by atoms with Crippen LogP contribution in [0.15, 0.2) is 0 Å². The summed E-state index contributed by atoms with van der Waals surface area (Å²) in [5, 5.41) is 14.0. The molecule has 0 bridgehead atoms. The first-order chi connectivity index (χ1) is 13.9. The zero-order chi connectivity index (χ0) is 20.4. The van der Waals surface area contributed by atoms with E-state index < -0.39 is 0 Å². The average Bonchev–Trinajstić information content (AvgIpc) is 2.71. The van der Waals surface area contributed by atoms with E-state index in [1.165, 1.54) is 116 Å². The lowest BCUT2D eigenvalue weighted by Crippen LogP contribution is -2.28. The monoisotopic (exact) mass is 398 g/mol. The Morgan fingerprint density at radius 2 is 0.536 bits per heavy atom. The minimum Gasteiger partial charge on any atom is -0.315 e. The maximum Gasteiger partial charge on any atom is 0.00767 e. The molecule has 0 aliphatic rings. The van der Waals surface area contributed by atoms with Gasteiger partial charge in [-0.05, 0) is 51.9 Å². The minimum atomic E-state index is 1.12. The molecule has 0 spiro atoms. The Bertz CT molecular complexity index is 235. The van der Waals surface area contributed by atoms with E-state index in [1.807, 2.05) is 0 Å². The molecule has 0 heterocycles. The van der Waals surface area contributed by atoms with Crippen LogP contribution in [0.3, 0.4) is 0 Å². The van der Waals surface area contributed by atoms with Crippen LogP contribution in [0, 0.1) is 0 Å². The van der Waals surface area contributed by atoms with Crippen molar-refractivity contribution in [2.24, 2.45) is 0 Å². The molecular weight excluding hydrogens is 344 g/mol. The van der Waals surface area contributed by atoms with Gasteiger partial charge in [-0.25, -0.2) is 0 Å². The van der Waals surface area contributed by atoms with Crippen LogP contribution in [0.4, 0.5) is 0 Å². The molecule has 0 atom stereocenters. The van der Waals surface area contributed by atoms with Crippen LogP contribution in [0.25, 0.3) is 0 Å². The Kier molecular flexibility index (Phi) is 26.7. The van der Waals surface area contributed by atoms with Gasteiger partial charge < -0.3 is 21.3 Å². The molecular formula is C24H54N4. The van der Waals surface area contributed by atoms with Crippen molar-refractivity contribution in [2.45, 2.75) is 104 Å². The van der Waals surface area contributed by atoms with Crippen molar-refractivity contribution in [2.75, 3.05) is 52.4 Å². The number of hydrogen-bond donors (Lipinski definition) is 4. The van der Waals surface area contributed by atoms with E-state index in [2.05, 4.69) is 35.1 Å². The summed E-state index contributed by atoms with van der Waals surface area (Å²) >= 11 is 0. The molecule has 0 unspecified atom stereocenters. The highest BCUT2D eigenvalue weighted by Crippen LogP contribution is 2.10. The van der Waals surface area contributed by atoms with E-state index in [-0.39, 0.29) is 0 Å². The molecule has 0 aromatic heterocycles. The van der Waals surface area contributed by atoms with Gasteiger partial charge >= 0.3 is 0 Å². The lowest BCUT2D eigenvalue weighted by Gasteiger charge is -2.07. The van der Waals surface area contributed by atoms with Crippen LogP contribution in [-0.4, -0.2) is 52.4 Å². The summed E-state index contributed by atoms with van der Waals surface area (Å²) in [6, 6.07) is 0. The maximum atomic E-state index is 3.55. The van der Waals surface area contributed by atoms with E-state index >= 15 is 0 Å². The zero-order valence-corrected chi connectivity index (χ0v) is 19.6. The van der Waals surface area contributed by atoms with E-state index in [0.717, 1.165) is 26.2 Å². The van der Waals surface area contributed by atoms with E-state index in [0.29, 0.717) is 0 Å². The first kappa shape index (κ1) is 27.8. The van der Waals surface area contributed by atoms with Gasteiger partial charge in [-0.3, -0.25) is 0 Å². The molecule has 4 N–H and O–H groups in total. The van der Waals surface area contributed by atoms with Crippen molar-refractivity contribution in [1.29, 1.82) is 0 Å². The minimum absolute atomic E-state index is 1.12. The highest BCUT2D eigenvalue weighted by molar-refractivity contribution is 4.55. The standard InChI is InChI=1S/C24H54N4/c1-3-5-17-25-21-23-27-19-15-13-11-9-7-8-10-12-14-16-20-28-24-22-26-18-6-4-2/h25-28H,3-24H2,1-2H3. The van der Waals surface area contributed by atoms with Gasteiger partial charge in [-0.1, -0.05) is 78.1 Å². The predicted octanol–water partition coefficient (Wildman–Crippen LogP) is 4.85. The summed E-state index contributed by atoms with van der Waals surface area (Å²) in [7, 11) is 0. The molecule has 0 saturated carbocycles. The summed E-state index contributed by atoms with van der Waals surface area (Å²) in [4.78, 5) is 0. The Balaban J connectivity index is 2.96. The van der Waals surface area contributed by atoms with Gasteiger partial charge in [0.05, 0.1) is 0 Å². The number of rotatable bonds is 25. The van der Waals surface area contributed by atoms with Crippen molar-refractivity contribution in [3.05, 3.63) is 0 Å². The third kappa shape index (κ3) is 25.8. The summed E-state index contributed by atoms with van der Waals surface area (Å²) in [6.07, 6.45) is 19.3. The second kappa shape index (κ2) is 26.8. The third-order valence-corrected chi connectivity index (χ3v) is 5.33. The van der Waals surface area contributed by atoms with E-state index in [4.69, 9.17) is 0 Å². The maximum absolute atomic E-state index is 3.55.